The molecule has 136 valence electrons. The average Bonchev–Trinajstić information content (AvgIpc) is 3.42. The van der Waals surface area contributed by atoms with Crippen LogP contribution >= 0.6 is 11.3 Å². The van der Waals surface area contributed by atoms with Crippen molar-refractivity contribution in [1.82, 2.24) is 10.2 Å². The van der Waals surface area contributed by atoms with Gasteiger partial charge in [-0.15, -0.1) is 10.2 Å². The number of fused-ring (bicyclic) bond motifs is 5. The zero-order valence-electron chi connectivity index (χ0n) is 14.2. The highest BCUT2D eigenvalue weighted by Gasteiger charge is 2.59. The van der Waals surface area contributed by atoms with Gasteiger partial charge in [0.15, 0.2) is 0 Å². The van der Waals surface area contributed by atoms with Crippen LogP contribution in [0.2, 0.25) is 0 Å². The van der Waals surface area contributed by atoms with Crippen LogP contribution in [0.3, 0.4) is 0 Å². The van der Waals surface area contributed by atoms with Crippen molar-refractivity contribution in [2.45, 2.75) is 12.8 Å². The van der Waals surface area contributed by atoms with Crippen molar-refractivity contribution < 1.29 is 14.4 Å². The predicted molar refractivity (Wildman–Crippen MR) is 98.9 cm³/mol. The van der Waals surface area contributed by atoms with Crippen LogP contribution in [-0.4, -0.2) is 27.9 Å². The second kappa shape index (κ2) is 6.09. The normalized spacial score (nSPS) is 28.1. The summed E-state index contributed by atoms with van der Waals surface area (Å²) >= 11 is 1.25. The van der Waals surface area contributed by atoms with Crippen LogP contribution in [-0.2, 0) is 20.8 Å². The van der Waals surface area contributed by atoms with E-state index < -0.39 is 0 Å². The van der Waals surface area contributed by atoms with Gasteiger partial charge in [-0.1, -0.05) is 35.6 Å². The molecule has 0 spiro atoms. The molecule has 0 radical (unpaired) electrons. The molecular weight excluding hydrogens is 364 g/mol. The second-order valence-electron chi connectivity index (χ2n) is 7.15. The standard InChI is InChI=1S/C19H16N4O3S/c24-14(21-19-22-20-9-27-19)7-10-1-5-13(6-2-10)23-17(25)15-11-3-4-12(8-11)16(15)18(23)26/h1-6,9,11-12,15-16H,7-8H2,(H,21,22,24). The summed E-state index contributed by atoms with van der Waals surface area (Å²) in [4.78, 5) is 39.0. The Balaban J connectivity index is 1.30. The van der Waals surface area contributed by atoms with Gasteiger partial charge in [0, 0.05) is 0 Å². The van der Waals surface area contributed by atoms with Gasteiger partial charge in [-0.05, 0) is 36.0 Å². The van der Waals surface area contributed by atoms with E-state index in [-0.39, 0.29) is 47.8 Å². The SMILES string of the molecule is O=C(Cc1ccc(N2C(=O)C3C4C=CC(C4)C3C2=O)cc1)Nc1nncs1. The fourth-order valence-corrected chi connectivity index (χ4v) is 4.96. The Hall–Kier alpha value is -2.87. The molecule has 1 aromatic carbocycles. The fraction of sp³-hybridized carbons (Fsp3) is 0.316. The first kappa shape index (κ1) is 16.3. The molecular formula is C19H16N4O3S. The maximum Gasteiger partial charge on any atom is 0.238 e. The summed E-state index contributed by atoms with van der Waals surface area (Å²) in [5, 5.41) is 10.6. The molecule has 2 fully saturated rings. The molecule has 4 unspecified atom stereocenters. The third kappa shape index (κ3) is 2.59. The van der Waals surface area contributed by atoms with Crippen LogP contribution in [0.4, 0.5) is 10.8 Å². The number of hydrogen-bond donors (Lipinski definition) is 1. The maximum atomic E-state index is 12.8. The molecule has 5 rings (SSSR count). The van der Waals surface area contributed by atoms with Gasteiger partial charge in [0.2, 0.25) is 22.9 Å². The van der Waals surface area contributed by atoms with Crippen molar-refractivity contribution in [3.05, 3.63) is 47.5 Å². The van der Waals surface area contributed by atoms with Crippen LogP contribution in [0, 0.1) is 23.7 Å². The monoisotopic (exact) mass is 380 g/mol. The van der Waals surface area contributed by atoms with E-state index in [2.05, 4.69) is 27.7 Å². The molecule has 3 amide bonds. The number of amides is 3. The van der Waals surface area contributed by atoms with Crippen molar-refractivity contribution in [2.24, 2.45) is 23.7 Å². The second-order valence-corrected chi connectivity index (χ2v) is 7.98. The lowest BCUT2D eigenvalue weighted by Crippen LogP contribution is -2.32. The Morgan fingerprint density at radius 2 is 1.78 bits per heavy atom. The van der Waals surface area contributed by atoms with Gasteiger partial charge in [-0.25, -0.2) is 0 Å². The number of carbonyl (C=O) groups excluding carboxylic acids is 3. The smallest absolute Gasteiger partial charge is 0.238 e. The van der Waals surface area contributed by atoms with E-state index in [1.165, 1.54) is 16.2 Å². The van der Waals surface area contributed by atoms with E-state index >= 15 is 0 Å². The lowest BCUT2D eigenvalue weighted by molar-refractivity contribution is -0.123. The number of allylic oxidation sites excluding steroid dienone is 2. The third-order valence-electron chi connectivity index (χ3n) is 5.64. The molecule has 4 atom stereocenters. The van der Waals surface area contributed by atoms with E-state index in [0.29, 0.717) is 10.8 Å². The van der Waals surface area contributed by atoms with E-state index in [1.54, 1.807) is 29.8 Å². The highest BCUT2D eigenvalue weighted by atomic mass is 32.1. The molecule has 27 heavy (non-hydrogen) atoms. The van der Waals surface area contributed by atoms with Crippen LogP contribution < -0.4 is 10.2 Å². The lowest BCUT2D eigenvalue weighted by Gasteiger charge is -2.17. The molecule has 8 heteroatoms. The predicted octanol–water partition coefficient (Wildman–Crippen LogP) is 2.03. The minimum absolute atomic E-state index is 0.0939. The zero-order valence-corrected chi connectivity index (χ0v) is 15.1. The first-order valence-electron chi connectivity index (χ1n) is 8.83. The summed E-state index contributed by atoms with van der Waals surface area (Å²) in [5.41, 5.74) is 2.92. The molecule has 1 aliphatic heterocycles. The van der Waals surface area contributed by atoms with Crippen LogP contribution in [0.5, 0.6) is 0 Å². The lowest BCUT2D eigenvalue weighted by atomic mass is 9.85. The molecule has 3 aliphatic rings. The quantitative estimate of drug-likeness (QED) is 0.647. The van der Waals surface area contributed by atoms with Gasteiger partial charge in [0.25, 0.3) is 0 Å². The number of hydrogen-bond acceptors (Lipinski definition) is 6. The number of carbonyl (C=O) groups is 3. The Morgan fingerprint density at radius 1 is 1.11 bits per heavy atom. The van der Waals surface area contributed by atoms with Gasteiger partial charge in [0.1, 0.15) is 5.51 Å². The van der Waals surface area contributed by atoms with Crippen molar-refractivity contribution in [2.75, 3.05) is 10.2 Å². The summed E-state index contributed by atoms with van der Waals surface area (Å²) in [5.74, 6) is -0.388. The molecule has 1 N–H and O–H groups in total. The number of rotatable bonds is 4. The molecule has 1 saturated carbocycles. The van der Waals surface area contributed by atoms with Crippen molar-refractivity contribution in [1.29, 1.82) is 0 Å². The number of anilines is 2. The molecule has 1 aromatic heterocycles. The van der Waals surface area contributed by atoms with Crippen LogP contribution in [0.15, 0.2) is 41.9 Å². The number of aromatic nitrogens is 2. The van der Waals surface area contributed by atoms with E-state index in [0.717, 1.165) is 12.0 Å². The maximum absolute atomic E-state index is 12.8. The zero-order chi connectivity index (χ0) is 18.5. The Morgan fingerprint density at radius 3 is 2.37 bits per heavy atom. The molecule has 7 nitrogen and oxygen atoms in total. The van der Waals surface area contributed by atoms with Crippen molar-refractivity contribution >= 4 is 39.9 Å². The summed E-state index contributed by atoms with van der Waals surface area (Å²) in [6.45, 7) is 0. The Kier molecular flexibility index (Phi) is 3.68. The van der Waals surface area contributed by atoms with Crippen molar-refractivity contribution in [3.63, 3.8) is 0 Å². The summed E-state index contributed by atoms with van der Waals surface area (Å²) in [7, 11) is 0. The Bertz CT molecular complexity index is 924. The van der Waals surface area contributed by atoms with Gasteiger partial charge in [-0.3, -0.25) is 19.3 Å². The Labute approximate surface area is 159 Å². The fourth-order valence-electron chi connectivity index (χ4n) is 4.50. The van der Waals surface area contributed by atoms with E-state index in [4.69, 9.17) is 0 Å². The van der Waals surface area contributed by atoms with E-state index in [9.17, 15) is 14.4 Å². The first-order chi connectivity index (χ1) is 13.1. The minimum Gasteiger partial charge on any atom is -0.300 e. The van der Waals surface area contributed by atoms with Gasteiger partial charge < -0.3 is 5.32 Å². The molecule has 2 bridgehead atoms. The summed E-state index contributed by atoms with van der Waals surface area (Å²) in [6.07, 6.45) is 5.27. The number of nitrogens with one attached hydrogen (secondary N) is 1. The van der Waals surface area contributed by atoms with Gasteiger partial charge >= 0.3 is 0 Å². The third-order valence-corrected chi connectivity index (χ3v) is 6.24. The first-order valence-corrected chi connectivity index (χ1v) is 9.71. The molecule has 2 heterocycles. The van der Waals surface area contributed by atoms with Gasteiger partial charge in [0.05, 0.1) is 23.9 Å². The highest BCUT2D eigenvalue weighted by molar-refractivity contribution is 7.13. The molecule has 2 aromatic rings. The van der Waals surface area contributed by atoms with Gasteiger partial charge in [-0.2, -0.15) is 0 Å². The number of benzene rings is 1. The number of imide groups is 1. The number of nitrogens with zero attached hydrogens (tertiary/aromatic N) is 3. The van der Waals surface area contributed by atoms with E-state index in [1.807, 2.05) is 0 Å². The van der Waals surface area contributed by atoms with Crippen LogP contribution in [0.25, 0.3) is 0 Å². The van der Waals surface area contributed by atoms with Crippen LogP contribution in [0.1, 0.15) is 12.0 Å². The molecule has 2 aliphatic carbocycles. The minimum atomic E-state index is -0.204. The summed E-state index contributed by atoms with van der Waals surface area (Å²) < 4.78 is 0. The average molecular weight is 380 g/mol. The summed E-state index contributed by atoms with van der Waals surface area (Å²) in [6, 6.07) is 7.02. The molecule has 1 saturated heterocycles. The largest absolute Gasteiger partial charge is 0.300 e. The topological polar surface area (TPSA) is 92.3 Å². The van der Waals surface area contributed by atoms with Crippen molar-refractivity contribution in [3.8, 4) is 0 Å². The highest BCUT2D eigenvalue weighted by Crippen LogP contribution is 2.53.